The van der Waals surface area contributed by atoms with Gasteiger partial charge in [0.05, 0.1) is 13.1 Å². The summed E-state index contributed by atoms with van der Waals surface area (Å²) in [4.78, 5) is 25.0. The van der Waals surface area contributed by atoms with Gasteiger partial charge in [-0.05, 0) is 24.1 Å². The summed E-state index contributed by atoms with van der Waals surface area (Å²) >= 11 is 0. The molecule has 0 aliphatic carbocycles. The summed E-state index contributed by atoms with van der Waals surface area (Å²) < 4.78 is 0. The van der Waals surface area contributed by atoms with Gasteiger partial charge in [-0.1, -0.05) is 18.1 Å². The van der Waals surface area contributed by atoms with Crippen LogP contribution in [0.2, 0.25) is 0 Å². The zero-order valence-electron chi connectivity index (χ0n) is 11.9. The predicted octanol–water partition coefficient (Wildman–Crippen LogP) is 0.652. The Morgan fingerprint density at radius 3 is 2.71 bits per heavy atom. The number of nitrogens with zero attached hydrogens (tertiary/aromatic N) is 1. The molecule has 0 atom stereocenters. The van der Waals surface area contributed by atoms with Gasteiger partial charge in [0, 0.05) is 25.2 Å². The molecule has 0 radical (unpaired) electrons. The molecule has 1 fully saturated rings. The number of amides is 2. The maximum atomic E-state index is 11.6. The molecule has 2 N–H and O–H groups in total. The van der Waals surface area contributed by atoms with Crippen LogP contribution in [0.15, 0.2) is 24.3 Å². The SMILES string of the molecule is C#CCNCC(=O)NCc1ccc(N2CCCC2=O)cc1. The molecule has 0 aromatic heterocycles. The van der Waals surface area contributed by atoms with E-state index in [1.807, 2.05) is 24.3 Å². The van der Waals surface area contributed by atoms with Gasteiger partial charge in [-0.2, -0.15) is 0 Å². The zero-order valence-corrected chi connectivity index (χ0v) is 11.9. The topological polar surface area (TPSA) is 61.4 Å². The van der Waals surface area contributed by atoms with Crippen LogP contribution in [0.3, 0.4) is 0 Å². The number of nitrogens with one attached hydrogen (secondary N) is 2. The summed E-state index contributed by atoms with van der Waals surface area (Å²) in [6.45, 7) is 1.84. The third-order valence-corrected chi connectivity index (χ3v) is 3.32. The highest BCUT2D eigenvalue weighted by molar-refractivity contribution is 5.95. The van der Waals surface area contributed by atoms with Gasteiger partial charge >= 0.3 is 0 Å². The van der Waals surface area contributed by atoms with Crippen LogP contribution in [0.5, 0.6) is 0 Å². The molecule has 1 aliphatic heterocycles. The van der Waals surface area contributed by atoms with Crippen LogP contribution in [0.4, 0.5) is 5.69 Å². The molecule has 0 spiro atoms. The minimum atomic E-state index is -0.0935. The highest BCUT2D eigenvalue weighted by Crippen LogP contribution is 2.21. The van der Waals surface area contributed by atoms with Crippen LogP contribution in [-0.2, 0) is 16.1 Å². The first-order chi connectivity index (χ1) is 10.2. The quantitative estimate of drug-likeness (QED) is 0.596. The summed E-state index contributed by atoms with van der Waals surface area (Å²) in [7, 11) is 0. The van der Waals surface area contributed by atoms with Crippen molar-refractivity contribution in [3.63, 3.8) is 0 Å². The maximum absolute atomic E-state index is 11.6. The van der Waals surface area contributed by atoms with Crippen LogP contribution in [0.25, 0.3) is 0 Å². The number of carbonyl (C=O) groups is 2. The van der Waals surface area contributed by atoms with E-state index in [-0.39, 0.29) is 18.4 Å². The van der Waals surface area contributed by atoms with Gasteiger partial charge in [0.15, 0.2) is 0 Å². The van der Waals surface area contributed by atoms with E-state index < -0.39 is 0 Å². The normalized spacial score (nSPS) is 14.0. The summed E-state index contributed by atoms with van der Waals surface area (Å²) in [5, 5.41) is 5.63. The molecule has 1 heterocycles. The lowest BCUT2D eigenvalue weighted by Gasteiger charge is -2.16. The molecule has 0 unspecified atom stereocenters. The van der Waals surface area contributed by atoms with Gasteiger partial charge in [0.25, 0.3) is 0 Å². The molecular formula is C16H19N3O2. The first-order valence-electron chi connectivity index (χ1n) is 7.01. The van der Waals surface area contributed by atoms with Crippen molar-refractivity contribution in [1.82, 2.24) is 10.6 Å². The Kier molecular flexibility index (Phi) is 5.35. The zero-order chi connectivity index (χ0) is 15.1. The number of benzene rings is 1. The molecule has 2 rings (SSSR count). The smallest absolute Gasteiger partial charge is 0.234 e. The fourth-order valence-corrected chi connectivity index (χ4v) is 2.23. The van der Waals surface area contributed by atoms with E-state index in [4.69, 9.17) is 6.42 Å². The number of terminal acetylenes is 1. The van der Waals surface area contributed by atoms with E-state index in [2.05, 4.69) is 16.6 Å². The molecule has 0 saturated carbocycles. The first-order valence-corrected chi connectivity index (χ1v) is 7.01. The van der Waals surface area contributed by atoms with Crippen molar-refractivity contribution in [2.45, 2.75) is 19.4 Å². The minimum Gasteiger partial charge on any atom is -0.351 e. The van der Waals surface area contributed by atoms with E-state index >= 15 is 0 Å². The number of carbonyl (C=O) groups excluding carboxylic acids is 2. The fourth-order valence-electron chi connectivity index (χ4n) is 2.23. The van der Waals surface area contributed by atoms with Gasteiger partial charge in [-0.3, -0.25) is 14.9 Å². The van der Waals surface area contributed by atoms with Crippen molar-refractivity contribution < 1.29 is 9.59 Å². The second-order valence-electron chi connectivity index (χ2n) is 4.90. The second kappa shape index (κ2) is 7.46. The van der Waals surface area contributed by atoms with E-state index in [0.29, 0.717) is 19.5 Å². The van der Waals surface area contributed by atoms with E-state index in [1.165, 1.54) is 0 Å². The van der Waals surface area contributed by atoms with Crippen molar-refractivity contribution in [3.05, 3.63) is 29.8 Å². The Morgan fingerprint density at radius 1 is 1.33 bits per heavy atom. The average Bonchev–Trinajstić information content (AvgIpc) is 2.92. The largest absolute Gasteiger partial charge is 0.351 e. The molecule has 5 nitrogen and oxygen atoms in total. The Balaban J connectivity index is 1.81. The lowest BCUT2D eigenvalue weighted by molar-refractivity contribution is -0.120. The number of anilines is 1. The summed E-state index contributed by atoms with van der Waals surface area (Å²) in [5.41, 5.74) is 1.92. The van der Waals surface area contributed by atoms with E-state index in [1.54, 1.807) is 4.90 Å². The molecule has 21 heavy (non-hydrogen) atoms. The highest BCUT2D eigenvalue weighted by Gasteiger charge is 2.21. The van der Waals surface area contributed by atoms with Gasteiger partial charge < -0.3 is 10.2 Å². The molecule has 5 heteroatoms. The Labute approximate surface area is 124 Å². The molecule has 1 aromatic rings. The van der Waals surface area contributed by atoms with Crippen LogP contribution >= 0.6 is 0 Å². The van der Waals surface area contributed by atoms with Gasteiger partial charge in [0.1, 0.15) is 0 Å². The standard InChI is InChI=1S/C16H19N3O2/c1-2-9-17-12-15(20)18-11-13-5-7-14(8-6-13)19-10-3-4-16(19)21/h1,5-8,17H,3-4,9-12H2,(H,18,20). The summed E-state index contributed by atoms with van der Waals surface area (Å²) in [6, 6.07) is 7.69. The predicted molar refractivity (Wildman–Crippen MR) is 81.6 cm³/mol. The molecule has 110 valence electrons. The van der Waals surface area contributed by atoms with Crippen molar-refractivity contribution in [2.24, 2.45) is 0 Å². The number of hydrogen-bond donors (Lipinski definition) is 2. The maximum Gasteiger partial charge on any atom is 0.234 e. The Bertz CT molecular complexity index is 546. The Morgan fingerprint density at radius 2 is 2.10 bits per heavy atom. The molecular weight excluding hydrogens is 266 g/mol. The molecule has 1 aromatic carbocycles. The van der Waals surface area contributed by atoms with Crippen LogP contribution < -0.4 is 15.5 Å². The van der Waals surface area contributed by atoms with Crippen molar-refractivity contribution in [1.29, 1.82) is 0 Å². The van der Waals surface area contributed by atoms with Crippen LogP contribution in [0, 0.1) is 12.3 Å². The van der Waals surface area contributed by atoms with Crippen LogP contribution in [0.1, 0.15) is 18.4 Å². The minimum absolute atomic E-state index is 0.0935. The number of rotatable bonds is 6. The van der Waals surface area contributed by atoms with Gasteiger partial charge in [0.2, 0.25) is 11.8 Å². The summed E-state index contributed by atoms with van der Waals surface area (Å²) in [5.74, 6) is 2.49. The monoisotopic (exact) mass is 285 g/mol. The molecule has 2 amide bonds. The Hall–Kier alpha value is -2.32. The summed E-state index contributed by atoms with van der Waals surface area (Å²) in [6.07, 6.45) is 6.63. The fraction of sp³-hybridized carbons (Fsp3) is 0.375. The van der Waals surface area contributed by atoms with Crippen molar-refractivity contribution in [2.75, 3.05) is 24.5 Å². The molecule has 0 bridgehead atoms. The number of hydrogen-bond acceptors (Lipinski definition) is 3. The molecule has 1 saturated heterocycles. The van der Waals surface area contributed by atoms with Crippen LogP contribution in [-0.4, -0.2) is 31.4 Å². The van der Waals surface area contributed by atoms with Gasteiger partial charge in [-0.15, -0.1) is 6.42 Å². The average molecular weight is 285 g/mol. The third-order valence-electron chi connectivity index (χ3n) is 3.32. The van der Waals surface area contributed by atoms with E-state index in [0.717, 1.165) is 24.2 Å². The van der Waals surface area contributed by atoms with Crippen molar-refractivity contribution in [3.8, 4) is 12.3 Å². The second-order valence-corrected chi connectivity index (χ2v) is 4.90. The highest BCUT2D eigenvalue weighted by atomic mass is 16.2. The lowest BCUT2D eigenvalue weighted by atomic mass is 10.2. The molecule has 1 aliphatic rings. The first kappa shape index (κ1) is 15.1. The third kappa shape index (κ3) is 4.33. The van der Waals surface area contributed by atoms with Crippen molar-refractivity contribution >= 4 is 17.5 Å². The van der Waals surface area contributed by atoms with Gasteiger partial charge in [-0.25, -0.2) is 0 Å². The van der Waals surface area contributed by atoms with E-state index in [9.17, 15) is 9.59 Å². The lowest BCUT2D eigenvalue weighted by Crippen LogP contribution is -2.33.